The number of fused-ring (bicyclic) bond motifs is 1. The molecule has 13 heteroatoms. The molecule has 0 amide bonds. The Morgan fingerprint density at radius 3 is 2.41 bits per heavy atom. The lowest BCUT2D eigenvalue weighted by molar-refractivity contribution is -0.193. The fourth-order valence-electron chi connectivity index (χ4n) is 4.47. The number of hydrogen-bond acceptors (Lipinski definition) is 7. The Bertz CT molecular complexity index is 1340. The van der Waals surface area contributed by atoms with Gasteiger partial charge in [-0.3, -0.25) is 4.79 Å². The normalized spacial score (nSPS) is 16.2. The average molecular weight is 546 g/mol. The predicted molar refractivity (Wildman–Crippen MR) is 128 cm³/mol. The summed E-state index contributed by atoms with van der Waals surface area (Å²) in [5, 5.41) is 3.43. The van der Waals surface area contributed by atoms with Crippen LogP contribution < -0.4 is 20.4 Å². The first-order valence-electron chi connectivity index (χ1n) is 11.5. The second-order valence-corrected chi connectivity index (χ2v) is 9.30. The van der Waals surface area contributed by atoms with Crippen LogP contribution in [0.5, 0.6) is 5.75 Å². The molecule has 1 aromatic carbocycles. The summed E-state index contributed by atoms with van der Waals surface area (Å²) in [6.45, 7) is 1.40. The van der Waals surface area contributed by atoms with Crippen molar-refractivity contribution in [1.29, 1.82) is 0 Å². The van der Waals surface area contributed by atoms with Crippen LogP contribution in [0.1, 0.15) is 42.1 Å². The van der Waals surface area contributed by atoms with Crippen LogP contribution in [0.15, 0.2) is 27.7 Å². The molecule has 0 radical (unpaired) electrons. The molecule has 0 unspecified atom stereocenters. The number of halogens is 5. The van der Waals surface area contributed by atoms with Gasteiger partial charge in [0.1, 0.15) is 11.3 Å². The highest BCUT2D eigenvalue weighted by Crippen LogP contribution is 2.44. The van der Waals surface area contributed by atoms with Crippen molar-refractivity contribution in [3.8, 4) is 5.75 Å². The van der Waals surface area contributed by atoms with Crippen molar-refractivity contribution in [1.82, 2.24) is 9.88 Å². The van der Waals surface area contributed by atoms with Gasteiger partial charge in [0.15, 0.2) is 11.6 Å². The van der Waals surface area contributed by atoms with E-state index in [1.165, 1.54) is 11.7 Å². The molecule has 2 heterocycles. The van der Waals surface area contributed by atoms with E-state index in [4.69, 9.17) is 16.3 Å². The van der Waals surface area contributed by atoms with Gasteiger partial charge in [-0.2, -0.15) is 13.2 Å². The zero-order valence-electron chi connectivity index (χ0n) is 20.0. The molecule has 2 aromatic rings. The fourth-order valence-corrected chi connectivity index (χ4v) is 4.79. The molecule has 1 saturated carbocycles. The molecule has 0 bridgehead atoms. The third-order valence-electron chi connectivity index (χ3n) is 6.38. The van der Waals surface area contributed by atoms with E-state index < -0.39 is 34.9 Å². The lowest BCUT2D eigenvalue weighted by Gasteiger charge is -2.33. The SMILES string of the molecule is CNCC(Cl)=C1CCN(c2c(F)cc3c(=O)c(C(=O)OC(=O)C(F)(F)F)cn(C4CC4)c3c2OC)CC1. The van der Waals surface area contributed by atoms with Gasteiger partial charge in [-0.15, -0.1) is 0 Å². The molecule has 8 nitrogen and oxygen atoms in total. The van der Waals surface area contributed by atoms with Gasteiger partial charge in [0, 0.05) is 36.9 Å². The number of hydrogen-bond donors (Lipinski definition) is 1. The molecule has 1 saturated heterocycles. The van der Waals surface area contributed by atoms with Crippen molar-refractivity contribution in [2.75, 3.05) is 38.7 Å². The highest BCUT2D eigenvalue weighted by molar-refractivity contribution is 6.30. The third kappa shape index (κ3) is 5.30. The number of aromatic nitrogens is 1. The molecule has 200 valence electrons. The fraction of sp³-hybridized carbons (Fsp3) is 0.458. The number of likely N-dealkylation sites (N-methyl/N-ethyl adjacent to an activating group) is 1. The van der Waals surface area contributed by atoms with Crippen LogP contribution in [-0.4, -0.2) is 56.5 Å². The maximum Gasteiger partial charge on any atom is 0.491 e. The number of esters is 2. The third-order valence-corrected chi connectivity index (χ3v) is 6.78. The standard InChI is InChI=1S/C24H24ClF4N3O5/c1-30-10-16(25)12-5-7-31(8-6-12)19-17(26)9-14-18(21(19)36-2)32(13-3-4-13)11-15(20(14)33)22(34)37-23(35)24(27,28)29/h9,11,13,30H,3-8,10H2,1-2H3. The summed E-state index contributed by atoms with van der Waals surface area (Å²) in [7, 11) is 3.11. The van der Waals surface area contributed by atoms with Crippen molar-refractivity contribution in [3.05, 3.63) is 44.5 Å². The van der Waals surface area contributed by atoms with Gasteiger partial charge in [0.25, 0.3) is 0 Å². The second kappa shape index (κ2) is 10.3. The monoisotopic (exact) mass is 545 g/mol. The number of carbonyl (C=O) groups excluding carboxylic acids is 2. The van der Waals surface area contributed by atoms with E-state index in [9.17, 15) is 27.6 Å². The van der Waals surface area contributed by atoms with Gasteiger partial charge in [-0.1, -0.05) is 17.2 Å². The smallest absolute Gasteiger partial charge is 0.491 e. The quantitative estimate of drug-likeness (QED) is 0.333. The number of benzene rings is 1. The Kier molecular flexibility index (Phi) is 7.52. The summed E-state index contributed by atoms with van der Waals surface area (Å²) in [5.41, 5.74) is -0.481. The van der Waals surface area contributed by atoms with Crippen LogP contribution in [0.3, 0.4) is 0 Å². The van der Waals surface area contributed by atoms with Crippen LogP contribution in [0.2, 0.25) is 0 Å². The number of ether oxygens (including phenoxy) is 2. The minimum absolute atomic E-state index is 0.0686. The summed E-state index contributed by atoms with van der Waals surface area (Å²) < 4.78 is 64.2. The van der Waals surface area contributed by atoms with Gasteiger partial charge in [0.2, 0.25) is 5.43 Å². The molecule has 2 aliphatic rings. The molecule has 1 N–H and O–H groups in total. The Labute approximate surface area is 213 Å². The number of pyridine rings is 1. The minimum atomic E-state index is -5.42. The first-order valence-corrected chi connectivity index (χ1v) is 11.9. The number of piperidine rings is 1. The molecule has 0 spiro atoms. The lowest BCUT2D eigenvalue weighted by atomic mass is 10.0. The number of carbonyl (C=O) groups is 2. The van der Waals surface area contributed by atoms with Crippen molar-refractivity contribution in [2.45, 2.75) is 37.9 Å². The van der Waals surface area contributed by atoms with Crippen LogP contribution in [0.4, 0.5) is 23.2 Å². The largest absolute Gasteiger partial charge is 0.492 e. The Morgan fingerprint density at radius 2 is 1.86 bits per heavy atom. The van der Waals surface area contributed by atoms with Gasteiger partial charge in [-0.25, -0.2) is 14.0 Å². The van der Waals surface area contributed by atoms with Gasteiger partial charge < -0.3 is 24.3 Å². The molecule has 2 fully saturated rings. The summed E-state index contributed by atoms with van der Waals surface area (Å²) in [4.78, 5) is 38.4. The first-order chi connectivity index (χ1) is 17.5. The number of anilines is 1. The van der Waals surface area contributed by atoms with E-state index >= 15 is 4.39 Å². The zero-order valence-corrected chi connectivity index (χ0v) is 20.8. The zero-order chi connectivity index (χ0) is 27.1. The van der Waals surface area contributed by atoms with Crippen LogP contribution in [0.25, 0.3) is 10.9 Å². The molecule has 1 aromatic heterocycles. The van der Waals surface area contributed by atoms with Gasteiger partial charge in [-0.05, 0) is 38.8 Å². The van der Waals surface area contributed by atoms with E-state index in [0.29, 0.717) is 50.3 Å². The average Bonchev–Trinajstić information content (AvgIpc) is 3.69. The van der Waals surface area contributed by atoms with Crippen molar-refractivity contribution in [3.63, 3.8) is 0 Å². The summed E-state index contributed by atoms with van der Waals surface area (Å²) in [6, 6.07) is 0.743. The van der Waals surface area contributed by atoms with Crippen LogP contribution in [-0.2, 0) is 9.53 Å². The second-order valence-electron chi connectivity index (χ2n) is 8.85. The predicted octanol–water partition coefficient (Wildman–Crippen LogP) is 4.04. The molecule has 1 aliphatic heterocycles. The van der Waals surface area contributed by atoms with Gasteiger partial charge in [0.05, 0.1) is 18.0 Å². The number of nitrogens with zero attached hydrogens (tertiary/aromatic N) is 2. The highest BCUT2D eigenvalue weighted by Gasteiger charge is 2.43. The Morgan fingerprint density at radius 1 is 1.22 bits per heavy atom. The minimum Gasteiger partial charge on any atom is -0.492 e. The van der Waals surface area contributed by atoms with Crippen LogP contribution in [0, 0.1) is 5.82 Å². The van der Waals surface area contributed by atoms with E-state index in [-0.39, 0.29) is 28.4 Å². The Hall–Kier alpha value is -3.12. The topological polar surface area (TPSA) is 89.9 Å². The van der Waals surface area contributed by atoms with E-state index in [1.807, 2.05) is 0 Å². The molecular formula is C24H24ClF4N3O5. The maximum absolute atomic E-state index is 15.5. The molecular weight excluding hydrogens is 522 g/mol. The number of nitrogens with one attached hydrogen (secondary N) is 1. The number of methoxy groups -OCH3 is 1. The molecule has 0 atom stereocenters. The van der Waals surface area contributed by atoms with Crippen molar-refractivity contribution < 1.29 is 36.6 Å². The molecule has 1 aliphatic carbocycles. The lowest BCUT2D eigenvalue weighted by Crippen LogP contribution is -2.33. The first kappa shape index (κ1) is 26.9. The van der Waals surface area contributed by atoms with Crippen LogP contribution >= 0.6 is 11.6 Å². The summed E-state index contributed by atoms with van der Waals surface area (Å²) >= 11 is 6.34. The summed E-state index contributed by atoms with van der Waals surface area (Å²) in [6.07, 6.45) is -1.87. The number of rotatable bonds is 6. The van der Waals surface area contributed by atoms with Gasteiger partial charge >= 0.3 is 18.1 Å². The van der Waals surface area contributed by atoms with E-state index in [2.05, 4.69) is 10.1 Å². The number of alkyl halides is 3. The maximum atomic E-state index is 15.5. The summed E-state index contributed by atoms with van der Waals surface area (Å²) in [5.74, 6) is -5.24. The highest BCUT2D eigenvalue weighted by atomic mass is 35.5. The van der Waals surface area contributed by atoms with Crippen molar-refractivity contribution >= 4 is 40.1 Å². The van der Waals surface area contributed by atoms with E-state index in [1.54, 1.807) is 11.9 Å². The Balaban J connectivity index is 1.80. The molecule has 4 rings (SSSR count). The molecule has 37 heavy (non-hydrogen) atoms. The van der Waals surface area contributed by atoms with Crippen molar-refractivity contribution in [2.24, 2.45) is 0 Å². The van der Waals surface area contributed by atoms with E-state index in [0.717, 1.165) is 17.8 Å².